The fourth-order valence-electron chi connectivity index (χ4n) is 2.76. The summed E-state index contributed by atoms with van der Waals surface area (Å²) in [5.74, 6) is 2.09. The second-order valence-corrected chi connectivity index (χ2v) is 6.37. The van der Waals surface area contributed by atoms with E-state index >= 15 is 0 Å². The molecule has 150 valence electrons. The molecule has 0 aliphatic carbocycles. The monoisotopic (exact) mass is 391 g/mol. The molecule has 3 aromatic rings. The van der Waals surface area contributed by atoms with Gasteiger partial charge in [0.05, 0.1) is 13.7 Å². The Kier molecular flexibility index (Phi) is 7.46. The Hall–Kier alpha value is -3.54. The van der Waals surface area contributed by atoms with Crippen molar-refractivity contribution in [1.82, 2.24) is 10.3 Å². The van der Waals surface area contributed by atoms with Crippen LogP contribution in [0, 0.1) is 0 Å². The van der Waals surface area contributed by atoms with Crippen molar-refractivity contribution in [3.63, 3.8) is 0 Å². The van der Waals surface area contributed by atoms with E-state index in [-0.39, 0.29) is 5.91 Å². The van der Waals surface area contributed by atoms with E-state index in [4.69, 9.17) is 9.47 Å². The molecule has 2 aromatic carbocycles. The molecule has 0 aliphatic rings. The normalized spacial score (nSPS) is 10.2. The van der Waals surface area contributed by atoms with E-state index in [1.54, 1.807) is 25.4 Å². The average molecular weight is 391 g/mol. The van der Waals surface area contributed by atoms with Crippen LogP contribution in [0.15, 0.2) is 72.9 Å². The zero-order chi connectivity index (χ0) is 20.3. The topological polar surface area (TPSA) is 72.5 Å². The summed E-state index contributed by atoms with van der Waals surface area (Å²) in [5, 5.41) is 6.12. The standard InChI is InChI=1S/C23H25N3O3/c1-28-20-7-9-21(10-8-20)29-16-15-25-22-17-19(12-14-24-22)23(27)26-13-11-18-5-3-2-4-6-18/h2-10,12,14,17H,11,13,15-16H2,1H3,(H,24,25)(H,26,27). The minimum Gasteiger partial charge on any atom is -0.497 e. The zero-order valence-corrected chi connectivity index (χ0v) is 16.4. The summed E-state index contributed by atoms with van der Waals surface area (Å²) in [4.78, 5) is 16.6. The third-order valence-corrected chi connectivity index (χ3v) is 4.30. The van der Waals surface area contributed by atoms with Crippen LogP contribution < -0.4 is 20.1 Å². The molecule has 0 bridgehead atoms. The predicted molar refractivity (Wildman–Crippen MR) is 114 cm³/mol. The number of nitrogens with zero attached hydrogens (tertiary/aromatic N) is 1. The first-order chi connectivity index (χ1) is 14.2. The minimum atomic E-state index is -0.110. The third-order valence-electron chi connectivity index (χ3n) is 4.30. The Labute approximate surface area is 170 Å². The third kappa shape index (κ3) is 6.53. The first-order valence-corrected chi connectivity index (χ1v) is 9.53. The van der Waals surface area contributed by atoms with Crippen LogP contribution in [0.3, 0.4) is 0 Å². The van der Waals surface area contributed by atoms with E-state index < -0.39 is 0 Å². The first kappa shape index (κ1) is 20.2. The second kappa shape index (κ2) is 10.7. The van der Waals surface area contributed by atoms with Gasteiger partial charge in [0.15, 0.2) is 0 Å². The molecular weight excluding hydrogens is 366 g/mol. The highest BCUT2D eigenvalue weighted by Gasteiger charge is 2.06. The van der Waals surface area contributed by atoms with Crippen molar-refractivity contribution in [2.24, 2.45) is 0 Å². The molecule has 6 heteroatoms. The van der Waals surface area contributed by atoms with E-state index in [1.807, 2.05) is 42.5 Å². The maximum atomic E-state index is 12.4. The molecule has 0 radical (unpaired) electrons. The number of hydrogen-bond donors (Lipinski definition) is 2. The van der Waals surface area contributed by atoms with Gasteiger partial charge in [-0.05, 0) is 48.4 Å². The summed E-state index contributed by atoms with van der Waals surface area (Å²) >= 11 is 0. The largest absolute Gasteiger partial charge is 0.497 e. The summed E-state index contributed by atoms with van der Waals surface area (Å²) in [6.45, 7) is 1.63. The van der Waals surface area contributed by atoms with Crippen LogP contribution in [0.5, 0.6) is 11.5 Å². The maximum Gasteiger partial charge on any atom is 0.251 e. The molecule has 0 unspecified atom stereocenters. The smallest absolute Gasteiger partial charge is 0.251 e. The highest BCUT2D eigenvalue weighted by atomic mass is 16.5. The molecule has 1 heterocycles. The molecule has 1 aromatic heterocycles. The van der Waals surface area contributed by atoms with Crippen molar-refractivity contribution in [1.29, 1.82) is 0 Å². The lowest BCUT2D eigenvalue weighted by Gasteiger charge is -2.10. The molecule has 3 rings (SSSR count). The fourth-order valence-corrected chi connectivity index (χ4v) is 2.76. The van der Waals surface area contributed by atoms with Gasteiger partial charge < -0.3 is 20.1 Å². The molecule has 29 heavy (non-hydrogen) atoms. The quantitative estimate of drug-likeness (QED) is 0.517. The van der Waals surface area contributed by atoms with Crippen LogP contribution in [-0.2, 0) is 6.42 Å². The number of ether oxygens (including phenoxy) is 2. The summed E-state index contributed by atoms with van der Waals surface area (Å²) in [6.07, 6.45) is 2.42. The highest BCUT2D eigenvalue weighted by molar-refractivity contribution is 5.94. The Morgan fingerprint density at radius 1 is 0.966 bits per heavy atom. The van der Waals surface area contributed by atoms with Crippen molar-refractivity contribution >= 4 is 11.7 Å². The van der Waals surface area contributed by atoms with E-state index in [0.29, 0.717) is 31.1 Å². The molecule has 1 amide bonds. The lowest BCUT2D eigenvalue weighted by atomic mass is 10.1. The molecule has 0 fully saturated rings. The highest BCUT2D eigenvalue weighted by Crippen LogP contribution is 2.16. The predicted octanol–water partition coefficient (Wildman–Crippen LogP) is 3.55. The Balaban J connectivity index is 1.41. The SMILES string of the molecule is COc1ccc(OCCNc2cc(C(=O)NCCc3ccccc3)ccn2)cc1. The summed E-state index contributed by atoms with van der Waals surface area (Å²) in [7, 11) is 1.63. The molecule has 0 atom stereocenters. The summed E-state index contributed by atoms with van der Waals surface area (Å²) in [5.41, 5.74) is 1.77. The lowest BCUT2D eigenvalue weighted by Crippen LogP contribution is -2.25. The van der Waals surface area contributed by atoms with Gasteiger partial charge >= 0.3 is 0 Å². The molecule has 0 spiro atoms. The molecule has 0 saturated carbocycles. The van der Waals surface area contributed by atoms with Gasteiger partial charge in [-0.3, -0.25) is 4.79 Å². The first-order valence-electron chi connectivity index (χ1n) is 9.53. The Morgan fingerprint density at radius 3 is 2.48 bits per heavy atom. The van der Waals surface area contributed by atoms with Crippen molar-refractivity contribution in [3.8, 4) is 11.5 Å². The van der Waals surface area contributed by atoms with E-state index in [0.717, 1.165) is 17.9 Å². The number of hydrogen-bond acceptors (Lipinski definition) is 5. The number of nitrogens with one attached hydrogen (secondary N) is 2. The molecular formula is C23H25N3O3. The minimum absolute atomic E-state index is 0.110. The Bertz CT molecular complexity index is 899. The van der Waals surface area contributed by atoms with Crippen LogP contribution in [0.25, 0.3) is 0 Å². The molecule has 6 nitrogen and oxygen atoms in total. The van der Waals surface area contributed by atoms with Crippen LogP contribution in [0.2, 0.25) is 0 Å². The van der Waals surface area contributed by atoms with Gasteiger partial charge in [-0.2, -0.15) is 0 Å². The van der Waals surface area contributed by atoms with Crippen LogP contribution in [0.4, 0.5) is 5.82 Å². The number of rotatable bonds is 10. The number of amides is 1. The van der Waals surface area contributed by atoms with Gasteiger partial charge in [0.1, 0.15) is 23.9 Å². The number of benzene rings is 2. The van der Waals surface area contributed by atoms with Gasteiger partial charge in [-0.15, -0.1) is 0 Å². The van der Waals surface area contributed by atoms with E-state index in [9.17, 15) is 4.79 Å². The van der Waals surface area contributed by atoms with Gasteiger partial charge in [-0.1, -0.05) is 30.3 Å². The van der Waals surface area contributed by atoms with Gasteiger partial charge in [-0.25, -0.2) is 4.98 Å². The lowest BCUT2D eigenvalue weighted by molar-refractivity contribution is 0.0954. The number of anilines is 1. The number of methoxy groups -OCH3 is 1. The average Bonchev–Trinajstić information content (AvgIpc) is 2.78. The van der Waals surface area contributed by atoms with Crippen molar-refractivity contribution in [2.45, 2.75) is 6.42 Å². The van der Waals surface area contributed by atoms with E-state index in [1.165, 1.54) is 5.56 Å². The number of aromatic nitrogens is 1. The van der Waals surface area contributed by atoms with Crippen LogP contribution >= 0.6 is 0 Å². The second-order valence-electron chi connectivity index (χ2n) is 6.37. The molecule has 2 N–H and O–H groups in total. The summed E-state index contributed by atoms with van der Waals surface area (Å²) in [6, 6.07) is 20.9. The number of carbonyl (C=O) groups is 1. The van der Waals surface area contributed by atoms with Crippen LogP contribution in [-0.4, -0.2) is 37.7 Å². The van der Waals surface area contributed by atoms with E-state index in [2.05, 4.69) is 27.8 Å². The number of pyridine rings is 1. The fraction of sp³-hybridized carbons (Fsp3) is 0.217. The Morgan fingerprint density at radius 2 is 1.72 bits per heavy atom. The van der Waals surface area contributed by atoms with Crippen molar-refractivity contribution < 1.29 is 14.3 Å². The molecule has 0 aliphatic heterocycles. The summed E-state index contributed by atoms with van der Waals surface area (Å²) < 4.78 is 10.8. The number of carbonyl (C=O) groups excluding carboxylic acids is 1. The van der Waals surface area contributed by atoms with Crippen LogP contribution in [0.1, 0.15) is 15.9 Å². The zero-order valence-electron chi connectivity index (χ0n) is 16.4. The maximum absolute atomic E-state index is 12.4. The van der Waals surface area contributed by atoms with Crippen molar-refractivity contribution in [2.75, 3.05) is 32.1 Å². The van der Waals surface area contributed by atoms with Crippen molar-refractivity contribution in [3.05, 3.63) is 84.1 Å². The molecule has 0 saturated heterocycles. The van der Waals surface area contributed by atoms with Gasteiger partial charge in [0.2, 0.25) is 0 Å². The van der Waals surface area contributed by atoms with Gasteiger partial charge in [0.25, 0.3) is 5.91 Å². The van der Waals surface area contributed by atoms with Gasteiger partial charge in [0, 0.05) is 18.3 Å².